The van der Waals surface area contributed by atoms with E-state index in [9.17, 15) is 4.79 Å². The molecule has 9 heteroatoms. The molecule has 4 rings (SSSR count). The molecule has 0 aromatic carbocycles. The van der Waals surface area contributed by atoms with Crippen molar-refractivity contribution in [2.45, 2.75) is 26.9 Å². The average Bonchev–Trinajstić information content (AvgIpc) is 3.31. The van der Waals surface area contributed by atoms with Crippen molar-refractivity contribution in [2.75, 3.05) is 0 Å². The van der Waals surface area contributed by atoms with Crippen LogP contribution in [0.15, 0.2) is 34.1 Å². The minimum absolute atomic E-state index is 0.153. The molecule has 0 bridgehead atoms. The van der Waals surface area contributed by atoms with Crippen LogP contribution in [0.5, 0.6) is 0 Å². The highest BCUT2D eigenvalue weighted by molar-refractivity contribution is 5.72. The largest absolute Gasteiger partial charge is 0.359 e. The summed E-state index contributed by atoms with van der Waals surface area (Å²) in [4.78, 5) is 16.9. The number of nitrogens with zero attached hydrogens (tertiary/aromatic N) is 7. The van der Waals surface area contributed by atoms with Gasteiger partial charge in [-0.2, -0.15) is 10.2 Å². The smallest absolute Gasteiger partial charge is 0.264 e. The lowest BCUT2D eigenvalue weighted by Crippen LogP contribution is -2.21. The summed E-state index contributed by atoms with van der Waals surface area (Å²) in [5, 5.41) is 13.0. The van der Waals surface area contributed by atoms with E-state index in [1.807, 2.05) is 27.0 Å². The van der Waals surface area contributed by atoms with Gasteiger partial charge in [-0.25, -0.2) is 9.67 Å². The molecule has 0 radical (unpaired) electrons. The molecule has 0 aliphatic heterocycles. The topological polar surface area (TPSA) is 96.6 Å². The van der Waals surface area contributed by atoms with Crippen LogP contribution in [-0.2, 0) is 20.1 Å². The Morgan fingerprint density at radius 3 is 2.80 bits per heavy atom. The Labute approximate surface area is 142 Å². The van der Waals surface area contributed by atoms with Gasteiger partial charge in [0, 0.05) is 30.9 Å². The molecule has 0 saturated heterocycles. The Morgan fingerprint density at radius 1 is 1.24 bits per heavy atom. The normalized spacial score (nSPS) is 11.5. The maximum absolute atomic E-state index is 12.6. The van der Waals surface area contributed by atoms with Gasteiger partial charge in [0.15, 0.2) is 11.4 Å². The summed E-state index contributed by atoms with van der Waals surface area (Å²) in [6, 6.07) is 1.82. The van der Waals surface area contributed by atoms with Crippen LogP contribution in [0, 0.1) is 6.92 Å². The minimum atomic E-state index is -0.153. The molecule has 4 aromatic heterocycles. The van der Waals surface area contributed by atoms with Crippen LogP contribution in [0.25, 0.3) is 22.3 Å². The predicted octanol–water partition coefficient (Wildman–Crippen LogP) is 1.36. The lowest BCUT2D eigenvalue weighted by atomic mass is 10.2. The first-order valence-corrected chi connectivity index (χ1v) is 7.94. The first-order valence-electron chi connectivity index (χ1n) is 7.94. The van der Waals surface area contributed by atoms with Gasteiger partial charge in [-0.15, -0.1) is 0 Å². The summed E-state index contributed by atoms with van der Waals surface area (Å²) in [5.41, 5.74) is 3.03. The summed E-state index contributed by atoms with van der Waals surface area (Å²) in [5.74, 6) is 0.574. The number of fused-ring (bicyclic) bond motifs is 1. The highest BCUT2D eigenvalue weighted by Crippen LogP contribution is 2.22. The second kappa shape index (κ2) is 5.69. The minimum Gasteiger partial charge on any atom is -0.359 e. The molecule has 25 heavy (non-hydrogen) atoms. The zero-order valence-electron chi connectivity index (χ0n) is 14.2. The summed E-state index contributed by atoms with van der Waals surface area (Å²) in [7, 11) is 1.87. The fraction of sp³-hybridized carbons (Fsp3) is 0.312. The molecule has 0 aliphatic rings. The van der Waals surface area contributed by atoms with E-state index in [0.29, 0.717) is 29.0 Å². The second-order valence-corrected chi connectivity index (χ2v) is 5.82. The Bertz CT molecular complexity index is 1120. The molecule has 0 amide bonds. The van der Waals surface area contributed by atoms with Crippen LogP contribution in [0.2, 0.25) is 0 Å². The third kappa shape index (κ3) is 2.44. The van der Waals surface area contributed by atoms with E-state index in [1.54, 1.807) is 21.8 Å². The van der Waals surface area contributed by atoms with Crippen molar-refractivity contribution in [3.05, 3.63) is 46.6 Å². The molecule has 0 atom stereocenters. The van der Waals surface area contributed by atoms with Crippen molar-refractivity contribution in [2.24, 2.45) is 7.05 Å². The fourth-order valence-corrected chi connectivity index (χ4v) is 2.77. The average molecular weight is 339 g/mol. The first-order chi connectivity index (χ1) is 12.1. The van der Waals surface area contributed by atoms with E-state index in [4.69, 9.17) is 4.52 Å². The Morgan fingerprint density at radius 2 is 2.08 bits per heavy atom. The van der Waals surface area contributed by atoms with E-state index in [-0.39, 0.29) is 12.1 Å². The molecule has 0 unspecified atom stereocenters. The van der Waals surface area contributed by atoms with Gasteiger partial charge < -0.3 is 4.52 Å². The summed E-state index contributed by atoms with van der Waals surface area (Å²) in [6.45, 7) is 4.84. The number of hydrogen-bond donors (Lipinski definition) is 0. The molecular formula is C16H17N7O2. The van der Waals surface area contributed by atoms with Gasteiger partial charge in [0.1, 0.15) is 17.4 Å². The van der Waals surface area contributed by atoms with Crippen molar-refractivity contribution < 1.29 is 4.52 Å². The summed E-state index contributed by atoms with van der Waals surface area (Å²) < 4.78 is 10.3. The molecule has 4 aromatic rings. The van der Waals surface area contributed by atoms with Gasteiger partial charge in [0.05, 0.1) is 18.9 Å². The lowest BCUT2D eigenvalue weighted by Gasteiger charge is -2.02. The Balaban J connectivity index is 1.67. The zero-order valence-corrected chi connectivity index (χ0v) is 14.2. The van der Waals surface area contributed by atoms with Crippen molar-refractivity contribution in [3.63, 3.8) is 0 Å². The Kier molecular flexibility index (Phi) is 3.48. The fourth-order valence-electron chi connectivity index (χ4n) is 2.77. The maximum atomic E-state index is 12.6. The third-order valence-corrected chi connectivity index (χ3v) is 4.32. The van der Waals surface area contributed by atoms with Gasteiger partial charge in [-0.1, -0.05) is 5.16 Å². The molecule has 4 heterocycles. The highest BCUT2D eigenvalue weighted by Gasteiger charge is 2.14. The molecule has 0 fully saturated rings. The van der Waals surface area contributed by atoms with Crippen LogP contribution in [0.1, 0.15) is 18.4 Å². The number of aryl methyl sites for hydroxylation is 2. The quantitative estimate of drug-likeness (QED) is 0.557. The van der Waals surface area contributed by atoms with Gasteiger partial charge in [-0.3, -0.25) is 14.0 Å². The van der Waals surface area contributed by atoms with E-state index in [2.05, 4.69) is 20.3 Å². The standard InChI is InChI=1S/C16H17N7O2/c1-4-23-15-13(7-19-23)16(24)22(9-17-15)8-11-5-14(20-25-11)12-6-18-21(3)10(12)2/h5-7,9H,4,8H2,1-3H3. The number of aromatic nitrogens is 7. The second-order valence-electron chi connectivity index (χ2n) is 5.82. The molecule has 0 N–H and O–H groups in total. The number of hydrogen-bond acceptors (Lipinski definition) is 6. The van der Waals surface area contributed by atoms with Crippen molar-refractivity contribution >= 4 is 11.0 Å². The number of rotatable bonds is 4. The molecule has 0 saturated carbocycles. The van der Waals surface area contributed by atoms with Gasteiger partial charge >= 0.3 is 0 Å². The van der Waals surface area contributed by atoms with Crippen LogP contribution in [0.4, 0.5) is 0 Å². The molecule has 0 spiro atoms. The van der Waals surface area contributed by atoms with Crippen LogP contribution >= 0.6 is 0 Å². The zero-order chi connectivity index (χ0) is 17.6. The predicted molar refractivity (Wildman–Crippen MR) is 90.0 cm³/mol. The third-order valence-electron chi connectivity index (χ3n) is 4.32. The van der Waals surface area contributed by atoms with Crippen LogP contribution in [0.3, 0.4) is 0 Å². The first kappa shape index (κ1) is 15.3. The van der Waals surface area contributed by atoms with Crippen LogP contribution in [-0.4, -0.2) is 34.3 Å². The van der Waals surface area contributed by atoms with E-state index < -0.39 is 0 Å². The van der Waals surface area contributed by atoms with Crippen molar-refractivity contribution in [1.82, 2.24) is 34.3 Å². The highest BCUT2D eigenvalue weighted by atomic mass is 16.5. The maximum Gasteiger partial charge on any atom is 0.264 e. The van der Waals surface area contributed by atoms with Crippen molar-refractivity contribution in [3.8, 4) is 11.3 Å². The van der Waals surface area contributed by atoms with Gasteiger partial charge in [-0.05, 0) is 13.8 Å². The van der Waals surface area contributed by atoms with Crippen LogP contribution < -0.4 is 5.56 Å². The van der Waals surface area contributed by atoms with Gasteiger partial charge in [0.2, 0.25) is 0 Å². The SMILES string of the molecule is CCn1ncc2c(=O)n(Cc3cc(-c4cnn(C)c4C)no3)cnc21. The van der Waals surface area contributed by atoms with Crippen molar-refractivity contribution in [1.29, 1.82) is 0 Å². The van der Waals surface area contributed by atoms with E-state index in [1.165, 1.54) is 10.9 Å². The summed E-state index contributed by atoms with van der Waals surface area (Å²) >= 11 is 0. The van der Waals surface area contributed by atoms with E-state index >= 15 is 0 Å². The monoisotopic (exact) mass is 339 g/mol. The van der Waals surface area contributed by atoms with Gasteiger partial charge in [0.25, 0.3) is 5.56 Å². The Hall–Kier alpha value is -3.23. The summed E-state index contributed by atoms with van der Waals surface area (Å²) in [6.07, 6.45) is 4.81. The lowest BCUT2D eigenvalue weighted by molar-refractivity contribution is 0.376. The molecule has 128 valence electrons. The molecule has 0 aliphatic carbocycles. The molecule has 9 nitrogen and oxygen atoms in total. The van der Waals surface area contributed by atoms with E-state index in [0.717, 1.165) is 11.3 Å². The molecular weight excluding hydrogens is 322 g/mol.